The summed E-state index contributed by atoms with van der Waals surface area (Å²) < 4.78 is 13.4. The summed E-state index contributed by atoms with van der Waals surface area (Å²) in [6.07, 6.45) is 0. The zero-order valence-electron chi connectivity index (χ0n) is 11.6. The standard InChI is InChI=1S/C16H18ClFN2/c1-10-3-4-15(11(2)5-10)16(9-19)20-14-7-12(17)6-13(18)8-14/h3-8,16,20H,9,19H2,1-2H3. The first-order valence-corrected chi connectivity index (χ1v) is 6.87. The van der Waals surface area contributed by atoms with Gasteiger partial charge in [-0.05, 0) is 43.2 Å². The molecule has 2 rings (SSSR count). The topological polar surface area (TPSA) is 38.0 Å². The summed E-state index contributed by atoms with van der Waals surface area (Å²) in [6.45, 7) is 4.51. The van der Waals surface area contributed by atoms with Crippen LogP contribution in [0.5, 0.6) is 0 Å². The van der Waals surface area contributed by atoms with Crippen molar-refractivity contribution in [3.05, 3.63) is 63.9 Å². The lowest BCUT2D eigenvalue weighted by atomic mass is 9.99. The zero-order valence-corrected chi connectivity index (χ0v) is 12.3. The van der Waals surface area contributed by atoms with Crippen LogP contribution in [-0.2, 0) is 0 Å². The first-order chi connectivity index (χ1) is 9.49. The van der Waals surface area contributed by atoms with Crippen molar-refractivity contribution in [2.75, 3.05) is 11.9 Å². The third-order valence-electron chi connectivity index (χ3n) is 3.24. The Morgan fingerprint density at radius 2 is 1.95 bits per heavy atom. The van der Waals surface area contributed by atoms with Gasteiger partial charge < -0.3 is 11.1 Å². The lowest BCUT2D eigenvalue weighted by Gasteiger charge is -2.21. The predicted octanol–water partition coefficient (Wildman–Crippen LogP) is 4.21. The molecule has 2 nitrogen and oxygen atoms in total. The van der Waals surface area contributed by atoms with Gasteiger partial charge in [0.1, 0.15) is 5.82 Å². The van der Waals surface area contributed by atoms with E-state index in [-0.39, 0.29) is 11.9 Å². The molecule has 0 bridgehead atoms. The molecule has 0 fully saturated rings. The fourth-order valence-corrected chi connectivity index (χ4v) is 2.54. The van der Waals surface area contributed by atoms with E-state index >= 15 is 0 Å². The number of hydrogen-bond donors (Lipinski definition) is 2. The van der Waals surface area contributed by atoms with E-state index in [1.54, 1.807) is 6.07 Å². The average molecular weight is 293 g/mol. The highest BCUT2D eigenvalue weighted by molar-refractivity contribution is 6.30. The van der Waals surface area contributed by atoms with E-state index < -0.39 is 0 Å². The quantitative estimate of drug-likeness (QED) is 0.886. The summed E-state index contributed by atoms with van der Waals surface area (Å²) in [5.41, 5.74) is 9.95. The highest BCUT2D eigenvalue weighted by Crippen LogP contribution is 2.25. The van der Waals surface area contributed by atoms with Crippen LogP contribution in [0.4, 0.5) is 10.1 Å². The molecule has 1 atom stereocenters. The minimum atomic E-state index is -0.364. The molecular formula is C16H18ClFN2. The van der Waals surface area contributed by atoms with Gasteiger partial charge >= 0.3 is 0 Å². The van der Waals surface area contributed by atoms with Crippen molar-refractivity contribution in [3.63, 3.8) is 0 Å². The van der Waals surface area contributed by atoms with Crippen LogP contribution in [0.2, 0.25) is 5.02 Å². The van der Waals surface area contributed by atoms with Gasteiger partial charge in [-0.25, -0.2) is 4.39 Å². The van der Waals surface area contributed by atoms with Crippen molar-refractivity contribution in [2.24, 2.45) is 5.73 Å². The molecule has 0 heterocycles. The molecule has 0 saturated heterocycles. The second kappa shape index (κ2) is 6.25. The van der Waals surface area contributed by atoms with E-state index in [1.807, 2.05) is 19.9 Å². The Morgan fingerprint density at radius 1 is 1.20 bits per heavy atom. The number of hydrogen-bond acceptors (Lipinski definition) is 2. The fraction of sp³-hybridized carbons (Fsp3) is 0.250. The largest absolute Gasteiger partial charge is 0.377 e. The van der Waals surface area contributed by atoms with E-state index in [1.165, 1.54) is 17.7 Å². The van der Waals surface area contributed by atoms with Crippen molar-refractivity contribution < 1.29 is 4.39 Å². The molecule has 0 amide bonds. The van der Waals surface area contributed by atoms with Crippen LogP contribution in [0.15, 0.2) is 36.4 Å². The Morgan fingerprint density at radius 3 is 2.55 bits per heavy atom. The van der Waals surface area contributed by atoms with Crippen molar-refractivity contribution in [1.29, 1.82) is 0 Å². The summed E-state index contributed by atoms with van der Waals surface area (Å²) >= 11 is 5.86. The second-order valence-electron chi connectivity index (χ2n) is 4.95. The SMILES string of the molecule is Cc1ccc(C(CN)Nc2cc(F)cc(Cl)c2)c(C)c1. The van der Waals surface area contributed by atoms with Gasteiger partial charge in [0.05, 0.1) is 6.04 Å². The van der Waals surface area contributed by atoms with Crippen LogP contribution in [0.1, 0.15) is 22.7 Å². The maximum Gasteiger partial charge on any atom is 0.126 e. The van der Waals surface area contributed by atoms with Crippen molar-refractivity contribution >= 4 is 17.3 Å². The molecule has 4 heteroatoms. The minimum absolute atomic E-state index is 0.0755. The number of anilines is 1. The van der Waals surface area contributed by atoms with E-state index in [0.717, 1.165) is 11.1 Å². The van der Waals surface area contributed by atoms with Gasteiger partial charge in [-0.3, -0.25) is 0 Å². The average Bonchev–Trinajstić information content (AvgIpc) is 2.35. The predicted molar refractivity (Wildman–Crippen MR) is 82.7 cm³/mol. The summed E-state index contributed by atoms with van der Waals surface area (Å²) in [6, 6.07) is 10.5. The van der Waals surface area contributed by atoms with Gasteiger partial charge in [0.25, 0.3) is 0 Å². The maximum absolute atomic E-state index is 13.4. The minimum Gasteiger partial charge on any atom is -0.377 e. The molecule has 0 spiro atoms. The van der Waals surface area contributed by atoms with Crippen molar-refractivity contribution in [2.45, 2.75) is 19.9 Å². The highest BCUT2D eigenvalue weighted by Gasteiger charge is 2.13. The molecular weight excluding hydrogens is 275 g/mol. The smallest absolute Gasteiger partial charge is 0.126 e. The summed E-state index contributed by atoms with van der Waals surface area (Å²) in [5.74, 6) is -0.364. The zero-order chi connectivity index (χ0) is 14.7. The summed E-state index contributed by atoms with van der Waals surface area (Å²) in [5, 5.41) is 3.60. The third kappa shape index (κ3) is 3.50. The first kappa shape index (κ1) is 14.8. The summed E-state index contributed by atoms with van der Waals surface area (Å²) in [4.78, 5) is 0. The maximum atomic E-state index is 13.4. The molecule has 0 saturated carbocycles. The van der Waals surface area contributed by atoms with Crippen LogP contribution in [-0.4, -0.2) is 6.54 Å². The highest BCUT2D eigenvalue weighted by atomic mass is 35.5. The fourth-order valence-electron chi connectivity index (χ4n) is 2.32. The van der Waals surface area contributed by atoms with Crippen LogP contribution in [0.3, 0.4) is 0 Å². The molecule has 0 aromatic heterocycles. The van der Waals surface area contributed by atoms with Crippen LogP contribution >= 0.6 is 11.6 Å². The molecule has 2 aromatic rings. The molecule has 0 aliphatic rings. The van der Waals surface area contributed by atoms with Gasteiger partial charge in [-0.15, -0.1) is 0 Å². The van der Waals surface area contributed by atoms with Gasteiger partial charge in [-0.1, -0.05) is 35.4 Å². The Kier molecular flexibility index (Phi) is 4.63. The monoisotopic (exact) mass is 292 g/mol. The Bertz CT molecular complexity index is 593. The number of halogens is 2. The normalized spacial score (nSPS) is 12.2. The third-order valence-corrected chi connectivity index (χ3v) is 3.46. The van der Waals surface area contributed by atoms with Crippen molar-refractivity contribution in [1.82, 2.24) is 0 Å². The van der Waals surface area contributed by atoms with E-state index in [0.29, 0.717) is 17.3 Å². The van der Waals surface area contributed by atoms with E-state index in [9.17, 15) is 4.39 Å². The molecule has 2 aromatic carbocycles. The molecule has 0 radical (unpaired) electrons. The Hall–Kier alpha value is -1.58. The number of nitrogens with one attached hydrogen (secondary N) is 1. The molecule has 0 aliphatic heterocycles. The van der Waals surface area contributed by atoms with Crippen LogP contribution in [0, 0.1) is 19.7 Å². The van der Waals surface area contributed by atoms with Crippen molar-refractivity contribution in [3.8, 4) is 0 Å². The first-order valence-electron chi connectivity index (χ1n) is 6.49. The molecule has 3 N–H and O–H groups in total. The number of nitrogens with two attached hydrogens (primary N) is 1. The van der Waals surface area contributed by atoms with Crippen LogP contribution < -0.4 is 11.1 Å². The Balaban J connectivity index is 2.28. The molecule has 1 unspecified atom stereocenters. The van der Waals surface area contributed by atoms with Crippen LogP contribution in [0.25, 0.3) is 0 Å². The molecule has 0 aliphatic carbocycles. The van der Waals surface area contributed by atoms with Gasteiger partial charge in [0.15, 0.2) is 0 Å². The van der Waals surface area contributed by atoms with E-state index in [2.05, 4.69) is 17.4 Å². The molecule has 20 heavy (non-hydrogen) atoms. The number of aryl methyl sites for hydroxylation is 2. The summed E-state index contributed by atoms with van der Waals surface area (Å²) in [7, 11) is 0. The van der Waals surface area contributed by atoms with Gasteiger partial charge in [-0.2, -0.15) is 0 Å². The van der Waals surface area contributed by atoms with E-state index in [4.69, 9.17) is 17.3 Å². The van der Waals surface area contributed by atoms with Gasteiger partial charge in [0.2, 0.25) is 0 Å². The Labute approximate surface area is 123 Å². The lowest BCUT2D eigenvalue weighted by molar-refractivity contribution is 0.627. The second-order valence-corrected chi connectivity index (χ2v) is 5.39. The number of rotatable bonds is 4. The lowest BCUT2D eigenvalue weighted by Crippen LogP contribution is -2.21. The molecule has 106 valence electrons. The number of benzene rings is 2. The van der Waals surface area contributed by atoms with Gasteiger partial charge in [0, 0.05) is 17.3 Å².